The van der Waals surface area contributed by atoms with Crippen LogP contribution in [0.15, 0.2) is 35.6 Å². The van der Waals surface area contributed by atoms with Crippen LogP contribution in [0.3, 0.4) is 0 Å². The van der Waals surface area contributed by atoms with Crippen molar-refractivity contribution in [3.8, 4) is 5.75 Å². The number of aliphatic imine (C=N–C) groups is 1. The Labute approximate surface area is 164 Å². The molecule has 0 aliphatic heterocycles. The minimum Gasteiger partial charge on any atom is -0.489 e. The predicted molar refractivity (Wildman–Crippen MR) is 106 cm³/mol. The molecule has 0 saturated heterocycles. The maximum Gasteiger partial charge on any atom is 0.191 e. The molecular weight excluding hydrogens is 438 g/mol. The summed E-state index contributed by atoms with van der Waals surface area (Å²) in [7, 11) is 1.70. The average molecular weight is 462 g/mol. The fraction of sp³-hybridized carbons (Fsp3) is 0.438. The van der Waals surface area contributed by atoms with Crippen LogP contribution >= 0.6 is 24.0 Å². The first-order valence-electron chi connectivity index (χ1n) is 7.85. The summed E-state index contributed by atoms with van der Waals surface area (Å²) >= 11 is 0. The van der Waals surface area contributed by atoms with Crippen molar-refractivity contribution in [3.63, 3.8) is 0 Å². The monoisotopic (exact) mass is 462 g/mol. The summed E-state index contributed by atoms with van der Waals surface area (Å²) in [5.74, 6) is 1.84. The van der Waals surface area contributed by atoms with Gasteiger partial charge in [-0.2, -0.15) is 0 Å². The molecule has 1 atom stereocenters. The van der Waals surface area contributed by atoms with E-state index in [2.05, 4.69) is 25.8 Å². The van der Waals surface area contributed by atoms with Gasteiger partial charge in [0.05, 0.1) is 13.1 Å². The molecule has 1 heterocycles. The van der Waals surface area contributed by atoms with Gasteiger partial charge in [0.25, 0.3) is 0 Å². The lowest BCUT2D eigenvalue weighted by Gasteiger charge is -2.17. The molecule has 0 radical (unpaired) electrons. The zero-order valence-corrected chi connectivity index (χ0v) is 16.9. The van der Waals surface area contributed by atoms with Gasteiger partial charge in [-0.25, -0.2) is 4.39 Å². The summed E-state index contributed by atoms with van der Waals surface area (Å²) < 4.78 is 20.5. The molecule has 1 aromatic carbocycles. The summed E-state index contributed by atoms with van der Waals surface area (Å²) in [6.45, 7) is 5.86. The molecule has 138 valence electrons. The molecule has 0 fully saturated rings. The first-order chi connectivity index (χ1) is 11.6. The van der Waals surface area contributed by atoms with Crippen LogP contribution in [0.4, 0.5) is 4.39 Å². The smallest absolute Gasteiger partial charge is 0.191 e. The molecule has 9 heteroatoms. The van der Waals surface area contributed by atoms with E-state index < -0.39 is 0 Å². The number of aromatic nitrogens is 3. The summed E-state index contributed by atoms with van der Waals surface area (Å²) in [5, 5.41) is 14.3. The Morgan fingerprint density at radius 2 is 2.04 bits per heavy atom. The Kier molecular flexibility index (Phi) is 9.17. The molecule has 2 rings (SSSR count). The van der Waals surface area contributed by atoms with E-state index in [1.54, 1.807) is 25.5 Å². The molecule has 25 heavy (non-hydrogen) atoms. The molecular formula is C16H24FIN6O. The maximum absolute atomic E-state index is 12.9. The van der Waals surface area contributed by atoms with Crippen LogP contribution in [0.1, 0.15) is 19.7 Å². The van der Waals surface area contributed by atoms with E-state index in [-0.39, 0.29) is 35.9 Å². The minimum absolute atomic E-state index is 0. The second kappa shape index (κ2) is 10.9. The van der Waals surface area contributed by atoms with E-state index in [1.165, 1.54) is 12.1 Å². The fourth-order valence-corrected chi connectivity index (χ4v) is 2.09. The number of ether oxygens (including phenoxy) is 1. The van der Waals surface area contributed by atoms with Gasteiger partial charge in [0.2, 0.25) is 0 Å². The molecule has 1 aromatic heterocycles. The first kappa shape index (κ1) is 21.1. The van der Waals surface area contributed by atoms with E-state index in [0.717, 1.165) is 12.4 Å². The normalized spacial score (nSPS) is 12.2. The minimum atomic E-state index is -0.280. The number of benzene rings is 1. The van der Waals surface area contributed by atoms with Crippen molar-refractivity contribution in [2.45, 2.75) is 33.0 Å². The van der Waals surface area contributed by atoms with Crippen molar-refractivity contribution in [2.24, 2.45) is 4.99 Å². The quantitative estimate of drug-likeness (QED) is 0.375. The van der Waals surface area contributed by atoms with Gasteiger partial charge < -0.3 is 19.9 Å². The molecule has 2 aromatic rings. The summed E-state index contributed by atoms with van der Waals surface area (Å²) in [6.07, 6.45) is 1.60. The molecule has 2 N–H and O–H groups in total. The highest BCUT2D eigenvalue weighted by molar-refractivity contribution is 14.0. The van der Waals surface area contributed by atoms with Crippen molar-refractivity contribution in [2.75, 3.05) is 13.6 Å². The SMILES string of the molecule is CCn1cnnc1CNC(=NC)NCC(C)Oc1ccc(F)cc1.I. The van der Waals surface area contributed by atoms with Crippen LogP contribution in [-0.4, -0.2) is 40.4 Å². The molecule has 0 spiro atoms. The maximum atomic E-state index is 12.9. The molecule has 0 amide bonds. The summed E-state index contributed by atoms with van der Waals surface area (Å²) in [4.78, 5) is 4.17. The molecule has 0 aliphatic rings. The van der Waals surface area contributed by atoms with Crippen molar-refractivity contribution < 1.29 is 9.13 Å². The van der Waals surface area contributed by atoms with E-state index in [0.29, 0.717) is 24.8 Å². The molecule has 0 saturated carbocycles. The Bertz CT molecular complexity index is 661. The van der Waals surface area contributed by atoms with Crippen LogP contribution in [0.5, 0.6) is 5.75 Å². The number of nitrogens with one attached hydrogen (secondary N) is 2. The third-order valence-corrected chi connectivity index (χ3v) is 3.38. The van der Waals surface area contributed by atoms with Crippen LogP contribution < -0.4 is 15.4 Å². The lowest BCUT2D eigenvalue weighted by molar-refractivity contribution is 0.223. The van der Waals surface area contributed by atoms with Crippen molar-refractivity contribution in [1.82, 2.24) is 25.4 Å². The number of hydrogen-bond donors (Lipinski definition) is 2. The standard InChI is InChI=1S/C16H23FN6O.HI/c1-4-23-11-21-22-15(23)10-20-16(18-3)19-9-12(2)24-14-7-5-13(17)6-8-14;/h5-8,11-12H,4,9-10H2,1-3H3,(H2,18,19,20);1H. The van der Waals surface area contributed by atoms with Gasteiger partial charge in [-0.15, -0.1) is 34.2 Å². The highest BCUT2D eigenvalue weighted by atomic mass is 127. The van der Waals surface area contributed by atoms with Gasteiger partial charge in [0.1, 0.15) is 24.0 Å². The van der Waals surface area contributed by atoms with E-state index in [1.807, 2.05) is 18.4 Å². The van der Waals surface area contributed by atoms with E-state index >= 15 is 0 Å². The summed E-state index contributed by atoms with van der Waals surface area (Å²) in [6, 6.07) is 5.96. The zero-order valence-electron chi connectivity index (χ0n) is 14.6. The Morgan fingerprint density at radius 3 is 2.68 bits per heavy atom. The van der Waals surface area contributed by atoms with Crippen LogP contribution in [0, 0.1) is 5.82 Å². The molecule has 0 bridgehead atoms. The third kappa shape index (κ3) is 6.85. The van der Waals surface area contributed by atoms with Crippen LogP contribution in [0.2, 0.25) is 0 Å². The van der Waals surface area contributed by atoms with Gasteiger partial charge in [-0.1, -0.05) is 0 Å². The van der Waals surface area contributed by atoms with Gasteiger partial charge in [-0.05, 0) is 38.1 Å². The highest BCUT2D eigenvalue weighted by Crippen LogP contribution is 2.12. The lowest BCUT2D eigenvalue weighted by atomic mass is 10.3. The number of guanidine groups is 1. The summed E-state index contributed by atoms with van der Waals surface area (Å²) in [5.41, 5.74) is 0. The fourth-order valence-electron chi connectivity index (χ4n) is 2.09. The number of hydrogen-bond acceptors (Lipinski definition) is 4. The lowest BCUT2D eigenvalue weighted by Crippen LogP contribution is -2.41. The Hall–Kier alpha value is -1.91. The predicted octanol–water partition coefficient (Wildman–Crippen LogP) is 2.19. The Morgan fingerprint density at radius 1 is 1.32 bits per heavy atom. The zero-order chi connectivity index (χ0) is 17.4. The third-order valence-electron chi connectivity index (χ3n) is 3.38. The number of nitrogens with zero attached hydrogens (tertiary/aromatic N) is 4. The van der Waals surface area contributed by atoms with Crippen molar-refractivity contribution >= 4 is 29.9 Å². The van der Waals surface area contributed by atoms with Gasteiger partial charge >= 0.3 is 0 Å². The van der Waals surface area contributed by atoms with Crippen LogP contribution in [-0.2, 0) is 13.1 Å². The van der Waals surface area contributed by atoms with Crippen LogP contribution in [0.25, 0.3) is 0 Å². The second-order valence-electron chi connectivity index (χ2n) is 5.22. The van der Waals surface area contributed by atoms with Gasteiger partial charge in [-0.3, -0.25) is 4.99 Å². The first-order valence-corrected chi connectivity index (χ1v) is 7.85. The van der Waals surface area contributed by atoms with E-state index in [4.69, 9.17) is 4.74 Å². The van der Waals surface area contributed by atoms with Gasteiger partial charge in [0, 0.05) is 13.6 Å². The second-order valence-corrected chi connectivity index (χ2v) is 5.22. The number of halogens is 2. The number of rotatable bonds is 7. The largest absolute Gasteiger partial charge is 0.489 e. The van der Waals surface area contributed by atoms with E-state index in [9.17, 15) is 4.39 Å². The molecule has 7 nitrogen and oxygen atoms in total. The average Bonchev–Trinajstić information content (AvgIpc) is 3.04. The number of aryl methyl sites for hydroxylation is 1. The highest BCUT2D eigenvalue weighted by Gasteiger charge is 2.07. The van der Waals surface area contributed by atoms with Crippen molar-refractivity contribution in [3.05, 3.63) is 42.2 Å². The molecule has 0 aliphatic carbocycles. The Balaban J connectivity index is 0.00000312. The topological polar surface area (TPSA) is 76.4 Å². The van der Waals surface area contributed by atoms with Gasteiger partial charge in [0.15, 0.2) is 11.8 Å². The van der Waals surface area contributed by atoms with Crippen molar-refractivity contribution in [1.29, 1.82) is 0 Å². The molecule has 1 unspecified atom stereocenters.